The van der Waals surface area contributed by atoms with E-state index >= 15 is 0 Å². The lowest BCUT2D eigenvalue weighted by Crippen LogP contribution is -2.23. The molecule has 1 saturated heterocycles. The molecule has 0 amide bonds. The fraction of sp³-hybridized carbons (Fsp3) is 0.571. The van der Waals surface area contributed by atoms with Crippen molar-refractivity contribution in [3.63, 3.8) is 0 Å². The van der Waals surface area contributed by atoms with E-state index in [4.69, 9.17) is 9.47 Å². The van der Waals surface area contributed by atoms with E-state index in [2.05, 4.69) is 17.3 Å². The first-order valence-corrected chi connectivity index (χ1v) is 6.49. The maximum atomic E-state index is 5.51. The lowest BCUT2D eigenvalue weighted by Gasteiger charge is -2.16. The van der Waals surface area contributed by atoms with Crippen LogP contribution in [0.2, 0.25) is 0 Å². The summed E-state index contributed by atoms with van der Waals surface area (Å²) in [7, 11) is 3.82. The van der Waals surface area contributed by atoms with E-state index in [1.54, 1.807) is 7.11 Å². The molecule has 1 aromatic carbocycles. The Kier molecular flexibility index (Phi) is 4.31. The van der Waals surface area contributed by atoms with Crippen LogP contribution < -0.4 is 14.8 Å². The van der Waals surface area contributed by atoms with Crippen molar-refractivity contribution in [2.75, 3.05) is 39.2 Å². The van der Waals surface area contributed by atoms with Gasteiger partial charge in [-0.05, 0) is 39.1 Å². The summed E-state index contributed by atoms with van der Waals surface area (Å²) in [6, 6.07) is 6.54. The first-order chi connectivity index (χ1) is 8.72. The Morgan fingerprint density at radius 3 is 2.83 bits per heavy atom. The number of nitrogens with zero attached hydrogens (tertiary/aromatic N) is 1. The third kappa shape index (κ3) is 3.07. The zero-order chi connectivity index (χ0) is 13.0. The molecule has 4 heteroatoms. The van der Waals surface area contributed by atoms with Gasteiger partial charge in [0, 0.05) is 24.3 Å². The van der Waals surface area contributed by atoms with E-state index < -0.39 is 0 Å². The van der Waals surface area contributed by atoms with Crippen LogP contribution in [-0.4, -0.2) is 44.8 Å². The highest BCUT2D eigenvalue weighted by Gasteiger charge is 2.19. The van der Waals surface area contributed by atoms with Gasteiger partial charge < -0.3 is 19.7 Å². The van der Waals surface area contributed by atoms with Crippen LogP contribution in [0.5, 0.6) is 11.5 Å². The Bertz CT molecular complexity index is 395. The monoisotopic (exact) mass is 250 g/mol. The van der Waals surface area contributed by atoms with Crippen LogP contribution in [0.4, 0.5) is 5.69 Å². The summed E-state index contributed by atoms with van der Waals surface area (Å²) >= 11 is 0. The molecule has 0 bridgehead atoms. The van der Waals surface area contributed by atoms with Gasteiger partial charge in [0.2, 0.25) is 0 Å². The van der Waals surface area contributed by atoms with Crippen LogP contribution in [0.3, 0.4) is 0 Å². The maximum Gasteiger partial charge on any atom is 0.162 e. The largest absolute Gasteiger partial charge is 0.493 e. The molecule has 1 heterocycles. The lowest BCUT2D eigenvalue weighted by atomic mass is 10.2. The Labute approximate surface area is 109 Å². The second kappa shape index (κ2) is 5.96. The highest BCUT2D eigenvalue weighted by molar-refractivity contribution is 5.55. The van der Waals surface area contributed by atoms with Crippen LogP contribution in [0.15, 0.2) is 18.2 Å². The van der Waals surface area contributed by atoms with Crippen molar-refractivity contribution in [2.24, 2.45) is 0 Å². The van der Waals surface area contributed by atoms with Crippen LogP contribution in [-0.2, 0) is 0 Å². The molecule has 1 unspecified atom stereocenters. The Morgan fingerprint density at radius 1 is 1.39 bits per heavy atom. The van der Waals surface area contributed by atoms with Gasteiger partial charge in [-0.25, -0.2) is 0 Å². The molecule has 1 fully saturated rings. The number of likely N-dealkylation sites (tertiary alicyclic amines) is 1. The average molecular weight is 250 g/mol. The third-order valence-corrected chi connectivity index (χ3v) is 3.23. The summed E-state index contributed by atoms with van der Waals surface area (Å²) in [5.41, 5.74) is 1.09. The highest BCUT2D eigenvalue weighted by Crippen LogP contribution is 2.30. The first kappa shape index (κ1) is 13.0. The molecule has 1 aliphatic heterocycles. The Hall–Kier alpha value is -1.42. The van der Waals surface area contributed by atoms with Gasteiger partial charge in [0.1, 0.15) is 0 Å². The molecule has 2 rings (SSSR count). The smallest absolute Gasteiger partial charge is 0.162 e. The molecule has 1 atom stereocenters. The van der Waals surface area contributed by atoms with E-state index in [9.17, 15) is 0 Å². The minimum absolute atomic E-state index is 0.526. The van der Waals surface area contributed by atoms with Crippen molar-refractivity contribution in [3.8, 4) is 11.5 Å². The number of likely N-dealkylation sites (N-methyl/N-ethyl adjacent to an activating group) is 1. The van der Waals surface area contributed by atoms with E-state index in [1.807, 2.05) is 25.1 Å². The second-order valence-electron chi connectivity index (χ2n) is 4.69. The molecule has 4 nitrogen and oxygen atoms in total. The Balaban J connectivity index is 2.05. The average Bonchev–Trinajstić information content (AvgIpc) is 2.77. The van der Waals surface area contributed by atoms with Crippen LogP contribution in [0, 0.1) is 0 Å². The molecule has 18 heavy (non-hydrogen) atoms. The van der Waals surface area contributed by atoms with E-state index in [1.165, 1.54) is 6.42 Å². The van der Waals surface area contributed by atoms with Gasteiger partial charge in [0.15, 0.2) is 11.5 Å². The minimum atomic E-state index is 0.526. The van der Waals surface area contributed by atoms with Gasteiger partial charge in [-0.3, -0.25) is 0 Å². The van der Waals surface area contributed by atoms with Crippen LogP contribution in [0.1, 0.15) is 13.3 Å². The van der Waals surface area contributed by atoms with E-state index in [0.717, 1.165) is 30.3 Å². The van der Waals surface area contributed by atoms with Gasteiger partial charge in [-0.15, -0.1) is 0 Å². The van der Waals surface area contributed by atoms with Gasteiger partial charge in [0.05, 0.1) is 13.7 Å². The first-order valence-electron chi connectivity index (χ1n) is 6.49. The highest BCUT2D eigenvalue weighted by atomic mass is 16.5. The van der Waals surface area contributed by atoms with Gasteiger partial charge >= 0.3 is 0 Å². The predicted molar refractivity (Wildman–Crippen MR) is 73.7 cm³/mol. The number of nitrogens with one attached hydrogen (secondary N) is 1. The van der Waals surface area contributed by atoms with Crippen molar-refractivity contribution < 1.29 is 9.47 Å². The van der Waals surface area contributed by atoms with Crippen LogP contribution >= 0.6 is 0 Å². The van der Waals surface area contributed by atoms with Crippen LogP contribution in [0.25, 0.3) is 0 Å². The summed E-state index contributed by atoms with van der Waals surface area (Å²) in [5.74, 6) is 1.59. The number of rotatable bonds is 5. The fourth-order valence-electron chi connectivity index (χ4n) is 2.32. The number of anilines is 1. The van der Waals surface area contributed by atoms with Crippen molar-refractivity contribution in [1.29, 1.82) is 0 Å². The summed E-state index contributed by atoms with van der Waals surface area (Å²) in [4.78, 5) is 2.34. The molecular formula is C14H22N2O2. The zero-order valence-corrected chi connectivity index (χ0v) is 11.4. The zero-order valence-electron chi connectivity index (χ0n) is 11.4. The number of benzene rings is 1. The van der Waals surface area contributed by atoms with Crippen molar-refractivity contribution in [3.05, 3.63) is 18.2 Å². The molecule has 0 radical (unpaired) electrons. The summed E-state index contributed by atoms with van der Waals surface area (Å²) in [5, 5.41) is 3.54. The fourth-order valence-corrected chi connectivity index (χ4v) is 2.32. The number of hydrogen-bond acceptors (Lipinski definition) is 4. The molecule has 0 saturated carbocycles. The topological polar surface area (TPSA) is 33.7 Å². The van der Waals surface area contributed by atoms with Gasteiger partial charge in [0.25, 0.3) is 0 Å². The number of hydrogen-bond donors (Lipinski definition) is 1. The van der Waals surface area contributed by atoms with Crippen molar-refractivity contribution in [1.82, 2.24) is 4.90 Å². The summed E-state index contributed by atoms with van der Waals surface area (Å²) in [6.07, 6.45) is 1.19. The second-order valence-corrected chi connectivity index (χ2v) is 4.69. The third-order valence-electron chi connectivity index (χ3n) is 3.23. The van der Waals surface area contributed by atoms with Gasteiger partial charge in [-0.1, -0.05) is 0 Å². The van der Waals surface area contributed by atoms with Crippen molar-refractivity contribution in [2.45, 2.75) is 19.4 Å². The molecule has 1 aromatic rings. The van der Waals surface area contributed by atoms with E-state index in [-0.39, 0.29) is 0 Å². The molecule has 0 spiro atoms. The number of methoxy groups -OCH3 is 1. The lowest BCUT2D eigenvalue weighted by molar-refractivity contribution is 0.311. The summed E-state index contributed by atoms with van der Waals surface area (Å²) < 4.78 is 10.9. The standard InChI is InChI=1S/C14H22N2O2/c1-4-18-13-6-5-11(9-14(13)17-3)15-12-7-8-16(2)10-12/h5-6,9,12,15H,4,7-8,10H2,1-3H3. The Morgan fingerprint density at radius 2 is 2.22 bits per heavy atom. The SMILES string of the molecule is CCOc1ccc(NC2CCN(C)C2)cc1OC. The normalized spacial score (nSPS) is 19.8. The minimum Gasteiger partial charge on any atom is -0.493 e. The molecule has 1 aliphatic rings. The van der Waals surface area contributed by atoms with Crippen molar-refractivity contribution >= 4 is 5.69 Å². The molecule has 0 aliphatic carbocycles. The van der Waals surface area contributed by atoms with Gasteiger partial charge in [-0.2, -0.15) is 0 Å². The summed E-state index contributed by atoms with van der Waals surface area (Å²) in [6.45, 7) is 4.87. The molecular weight excluding hydrogens is 228 g/mol. The molecule has 100 valence electrons. The quantitative estimate of drug-likeness (QED) is 0.868. The number of ether oxygens (including phenoxy) is 2. The van der Waals surface area contributed by atoms with E-state index in [0.29, 0.717) is 12.6 Å². The molecule has 0 aromatic heterocycles. The molecule has 1 N–H and O–H groups in total. The predicted octanol–water partition coefficient (Wildman–Crippen LogP) is 2.21. The maximum absolute atomic E-state index is 5.51.